The van der Waals surface area contributed by atoms with Gasteiger partial charge in [0.15, 0.2) is 5.78 Å². The third kappa shape index (κ3) is 4.50. The van der Waals surface area contributed by atoms with Crippen molar-refractivity contribution in [1.82, 2.24) is 14.8 Å². The number of Topliss-reactive ketones (excluding diaryl/α,β-unsaturated/α-hetero) is 1. The highest BCUT2D eigenvalue weighted by Gasteiger charge is 2.12. The van der Waals surface area contributed by atoms with Crippen LogP contribution in [-0.4, -0.2) is 20.5 Å². The minimum absolute atomic E-state index is 0.000368. The van der Waals surface area contributed by atoms with Gasteiger partial charge in [-0.05, 0) is 68.9 Å². The first-order valence-electron chi connectivity index (χ1n) is 8.75. The zero-order valence-corrected chi connectivity index (χ0v) is 14.8. The SMILES string of the molecule is Cc1cc(CC(=O)Cn2nc(C3=CCCCC3)ccc2=O)cc(C)n1. The predicted octanol–water partition coefficient (Wildman–Crippen LogP) is 3.02. The Labute approximate surface area is 147 Å². The van der Waals surface area contributed by atoms with Gasteiger partial charge in [-0.1, -0.05) is 6.08 Å². The summed E-state index contributed by atoms with van der Waals surface area (Å²) in [5.74, 6) is -0.0330. The van der Waals surface area contributed by atoms with E-state index in [-0.39, 0.29) is 24.3 Å². The highest BCUT2D eigenvalue weighted by Crippen LogP contribution is 2.24. The maximum atomic E-state index is 12.4. The molecule has 0 saturated carbocycles. The molecular weight excluding hydrogens is 314 g/mol. The Morgan fingerprint density at radius 3 is 2.60 bits per heavy atom. The minimum atomic E-state index is -0.240. The van der Waals surface area contributed by atoms with Crippen molar-refractivity contribution >= 4 is 11.4 Å². The first-order valence-corrected chi connectivity index (χ1v) is 8.75. The highest BCUT2D eigenvalue weighted by molar-refractivity contribution is 5.80. The number of carbonyl (C=O) groups excluding carboxylic acids is 1. The van der Waals surface area contributed by atoms with Gasteiger partial charge in [0, 0.05) is 23.9 Å². The van der Waals surface area contributed by atoms with Gasteiger partial charge < -0.3 is 0 Å². The largest absolute Gasteiger partial charge is 0.297 e. The topological polar surface area (TPSA) is 64.8 Å². The number of hydrogen-bond donors (Lipinski definition) is 0. The molecule has 2 aromatic heterocycles. The normalized spacial score (nSPS) is 14.2. The number of pyridine rings is 1. The lowest BCUT2D eigenvalue weighted by molar-refractivity contribution is -0.119. The quantitative estimate of drug-likeness (QED) is 0.841. The van der Waals surface area contributed by atoms with E-state index >= 15 is 0 Å². The van der Waals surface area contributed by atoms with Gasteiger partial charge in [0.05, 0.1) is 5.69 Å². The fraction of sp³-hybridized carbons (Fsp3) is 0.400. The highest BCUT2D eigenvalue weighted by atomic mass is 16.1. The average molecular weight is 337 g/mol. The number of nitrogens with zero attached hydrogens (tertiary/aromatic N) is 3. The maximum Gasteiger partial charge on any atom is 0.267 e. The Bertz CT molecular complexity index is 861. The zero-order valence-electron chi connectivity index (χ0n) is 14.8. The molecule has 3 rings (SSSR count). The molecule has 1 aliphatic rings. The molecule has 0 aliphatic heterocycles. The Kier molecular flexibility index (Phi) is 5.22. The molecular formula is C20H23N3O2. The van der Waals surface area contributed by atoms with Crippen LogP contribution in [0, 0.1) is 13.8 Å². The van der Waals surface area contributed by atoms with Crippen molar-refractivity contribution in [1.29, 1.82) is 0 Å². The van der Waals surface area contributed by atoms with Crippen molar-refractivity contribution in [2.75, 3.05) is 0 Å². The van der Waals surface area contributed by atoms with Crippen LogP contribution in [-0.2, 0) is 17.8 Å². The molecule has 5 heteroatoms. The number of carbonyl (C=O) groups is 1. The van der Waals surface area contributed by atoms with E-state index in [1.807, 2.05) is 26.0 Å². The second-order valence-electron chi connectivity index (χ2n) is 6.66. The van der Waals surface area contributed by atoms with Gasteiger partial charge in [-0.2, -0.15) is 5.10 Å². The molecule has 0 amide bonds. The van der Waals surface area contributed by atoms with Crippen LogP contribution >= 0.6 is 0 Å². The third-order valence-corrected chi connectivity index (χ3v) is 4.36. The van der Waals surface area contributed by atoms with Gasteiger partial charge in [0.1, 0.15) is 6.54 Å². The first kappa shape index (κ1) is 17.3. The maximum absolute atomic E-state index is 12.4. The van der Waals surface area contributed by atoms with E-state index in [2.05, 4.69) is 16.2 Å². The summed E-state index contributed by atoms with van der Waals surface area (Å²) >= 11 is 0. The molecule has 2 aromatic rings. The molecule has 0 spiro atoms. The van der Waals surface area contributed by atoms with Crippen molar-refractivity contribution in [3.8, 4) is 0 Å². The Morgan fingerprint density at radius 2 is 1.92 bits per heavy atom. The summed E-state index contributed by atoms with van der Waals surface area (Å²) in [6.45, 7) is 3.82. The lowest BCUT2D eigenvalue weighted by Gasteiger charge is -2.13. The van der Waals surface area contributed by atoms with E-state index in [0.29, 0.717) is 0 Å². The van der Waals surface area contributed by atoms with Gasteiger partial charge in [0.25, 0.3) is 5.56 Å². The lowest BCUT2D eigenvalue weighted by Crippen LogP contribution is -2.27. The summed E-state index contributed by atoms with van der Waals surface area (Å²) < 4.78 is 1.29. The molecule has 0 fully saturated rings. The minimum Gasteiger partial charge on any atom is -0.297 e. The molecule has 0 radical (unpaired) electrons. The first-order chi connectivity index (χ1) is 12.0. The molecule has 0 N–H and O–H groups in total. The molecule has 1 aliphatic carbocycles. The van der Waals surface area contributed by atoms with Crippen LogP contribution in [0.25, 0.3) is 5.57 Å². The van der Waals surface area contributed by atoms with Crippen LogP contribution in [0.4, 0.5) is 0 Å². The van der Waals surface area contributed by atoms with Crippen molar-refractivity contribution in [3.63, 3.8) is 0 Å². The summed E-state index contributed by atoms with van der Waals surface area (Å²) in [5.41, 5.74) is 4.45. The van der Waals surface area contributed by atoms with E-state index in [1.54, 1.807) is 6.07 Å². The molecule has 0 bridgehead atoms. The number of rotatable bonds is 5. The summed E-state index contributed by atoms with van der Waals surface area (Å²) in [4.78, 5) is 28.8. The van der Waals surface area contributed by atoms with Crippen LogP contribution in [0.3, 0.4) is 0 Å². The summed E-state index contributed by atoms with van der Waals surface area (Å²) in [7, 11) is 0. The molecule has 5 nitrogen and oxygen atoms in total. The van der Waals surface area contributed by atoms with E-state index in [4.69, 9.17) is 0 Å². The van der Waals surface area contributed by atoms with Crippen LogP contribution in [0.15, 0.2) is 35.1 Å². The van der Waals surface area contributed by atoms with Crippen LogP contribution in [0.1, 0.15) is 48.3 Å². The monoisotopic (exact) mass is 337 g/mol. The summed E-state index contributed by atoms with van der Waals surface area (Å²) in [6.07, 6.45) is 6.85. The molecule has 25 heavy (non-hydrogen) atoms. The number of aryl methyl sites for hydroxylation is 2. The second kappa shape index (κ2) is 7.55. The van der Waals surface area contributed by atoms with Gasteiger partial charge in [0.2, 0.25) is 0 Å². The van der Waals surface area contributed by atoms with E-state index < -0.39 is 0 Å². The number of aromatic nitrogens is 3. The van der Waals surface area contributed by atoms with Gasteiger partial charge in [-0.3, -0.25) is 14.6 Å². The smallest absolute Gasteiger partial charge is 0.267 e. The fourth-order valence-electron chi connectivity index (χ4n) is 3.28. The number of ketones is 1. The zero-order chi connectivity index (χ0) is 17.8. The number of hydrogen-bond acceptors (Lipinski definition) is 4. The molecule has 0 saturated heterocycles. The van der Waals surface area contributed by atoms with Crippen molar-refractivity contribution in [2.45, 2.75) is 52.5 Å². The average Bonchev–Trinajstić information content (AvgIpc) is 2.56. The van der Waals surface area contributed by atoms with Crippen LogP contribution in [0.5, 0.6) is 0 Å². The molecule has 2 heterocycles. The van der Waals surface area contributed by atoms with Crippen LogP contribution in [0.2, 0.25) is 0 Å². The lowest BCUT2D eigenvalue weighted by atomic mass is 9.97. The van der Waals surface area contributed by atoms with Crippen LogP contribution < -0.4 is 5.56 Å². The van der Waals surface area contributed by atoms with Crippen molar-refractivity contribution < 1.29 is 4.79 Å². The fourth-order valence-corrected chi connectivity index (χ4v) is 3.28. The predicted molar refractivity (Wildman–Crippen MR) is 97.4 cm³/mol. The van der Waals surface area contributed by atoms with Gasteiger partial charge >= 0.3 is 0 Å². The Balaban J connectivity index is 1.76. The van der Waals surface area contributed by atoms with E-state index in [0.717, 1.165) is 41.9 Å². The van der Waals surface area contributed by atoms with Crippen molar-refractivity contribution in [2.24, 2.45) is 0 Å². The summed E-state index contributed by atoms with van der Waals surface area (Å²) in [6, 6.07) is 7.08. The van der Waals surface area contributed by atoms with E-state index in [1.165, 1.54) is 22.7 Å². The molecule has 0 atom stereocenters. The van der Waals surface area contributed by atoms with Crippen molar-refractivity contribution in [3.05, 3.63) is 63.3 Å². The summed E-state index contributed by atoms with van der Waals surface area (Å²) in [5, 5.41) is 4.42. The second-order valence-corrected chi connectivity index (χ2v) is 6.66. The van der Waals surface area contributed by atoms with E-state index in [9.17, 15) is 9.59 Å². The Morgan fingerprint density at radius 1 is 1.16 bits per heavy atom. The van der Waals surface area contributed by atoms with Gasteiger partial charge in [-0.25, -0.2) is 4.68 Å². The molecule has 130 valence electrons. The molecule has 0 aromatic carbocycles. The third-order valence-electron chi connectivity index (χ3n) is 4.36. The molecule has 0 unspecified atom stereocenters. The standard InChI is InChI=1S/C20H23N3O2/c1-14-10-16(11-15(2)21-14)12-18(24)13-23-20(25)9-8-19(22-23)17-6-4-3-5-7-17/h6,8-11H,3-5,7,12-13H2,1-2H3. The van der Waals surface area contributed by atoms with Gasteiger partial charge in [-0.15, -0.1) is 0 Å². The number of allylic oxidation sites excluding steroid dienone is 2. The Hall–Kier alpha value is -2.56.